The number of likely N-dealkylation sites (N-methyl/N-ethyl adjacent to an activating group) is 1. The van der Waals surface area contributed by atoms with Crippen molar-refractivity contribution in [2.75, 3.05) is 43.9 Å². The van der Waals surface area contributed by atoms with Crippen molar-refractivity contribution in [3.05, 3.63) is 35.9 Å². The van der Waals surface area contributed by atoms with Gasteiger partial charge in [0.15, 0.2) is 11.0 Å². The van der Waals surface area contributed by atoms with Crippen LogP contribution in [0.1, 0.15) is 12.5 Å². The van der Waals surface area contributed by atoms with E-state index in [0.29, 0.717) is 10.7 Å². The van der Waals surface area contributed by atoms with Crippen molar-refractivity contribution in [1.82, 2.24) is 9.97 Å². The van der Waals surface area contributed by atoms with Crippen molar-refractivity contribution >= 4 is 17.6 Å². The molecule has 1 aliphatic rings. The van der Waals surface area contributed by atoms with Crippen LogP contribution in [0.3, 0.4) is 0 Å². The second kappa shape index (κ2) is 7.65. The van der Waals surface area contributed by atoms with Crippen LogP contribution in [0, 0.1) is 11.3 Å². The highest BCUT2D eigenvalue weighted by atomic mass is 32.2. The number of nitriles is 1. The number of nitrogens with zero attached hydrogens (tertiary/aromatic N) is 4. The zero-order valence-corrected chi connectivity index (χ0v) is 14.9. The smallest absolute Gasteiger partial charge is 0.189 e. The molecule has 1 fully saturated rings. The Kier molecular flexibility index (Phi) is 5.34. The summed E-state index contributed by atoms with van der Waals surface area (Å²) in [5.41, 5.74) is 2.28. The van der Waals surface area contributed by atoms with E-state index in [0.717, 1.165) is 49.8 Å². The van der Waals surface area contributed by atoms with Crippen LogP contribution in [-0.2, 0) is 0 Å². The first-order chi connectivity index (χ1) is 11.8. The summed E-state index contributed by atoms with van der Waals surface area (Å²) in [6.45, 7) is 7.39. The number of hydrogen-bond donors (Lipinski definition) is 1. The standard InChI is InChI=1S/C18H21N5S/c1-3-22-9-11-23(12-10-22)17-15(13-19)16(20-18(21-17)24-2)14-7-5-4-6-8-14/h4-8H,3,9-12H2,1-2H3/p+1. The molecule has 0 unspecified atom stereocenters. The molecule has 1 aromatic heterocycles. The monoisotopic (exact) mass is 340 g/mol. The van der Waals surface area contributed by atoms with Crippen molar-refractivity contribution in [3.63, 3.8) is 0 Å². The van der Waals surface area contributed by atoms with E-state index in [2.05, 4.69) is 27.9 Å². The third-order valence-corrected chi connectivity index (χ3v) is 5.03. The summed E-state index contributed by atoms with van der Waals surface area (Å²) >= 11 is 1.52. The Morgan fingerprint density at radius 1 is 1.21 bits per heavy atom. The molecule has 0 radical (unpaired) electrons. The summed E-state index contributed by atoms with van der Waals surface area (Å²) in [5, 5.41) is 10.5. The first kappa shape index (κ1) is 16.7. The normalized spacial score (nSPS) is 15.3. The molecule has 0 bridgehead atoms. The highest BCUT2D eigenvalue weighted by Gasteiger charge is 2.25. The molecule has 24 heavy (non-hydrogen) atoms. The van der Waals surface area contributed by atoms with Crippen LogP contribution in [0.2, 0.25) is 0 Å². The van der Waals surface area contributed by atoms with E-state index in [-0.39, 0.29) is 0 Å². The molecule has 1 aliphatic heterocycles. The Balaban J connectivity index is 2.04. The van der Waals surface area contributed by atoms with Gasteiger partial charge in [0.05, 0.1) is 38.4 Å². The molecule has 6 heteroatoms. The predicted molar refractivity (Wildman–Crippen MR) is 97.4 cm³/mol. The van der Waals surface area contributed by atoms with Crippen LogP contribution < -0.4 is 9.80 Å². The molecule has 0 aliphatic carbocycles. The van der Waals surface area contributed by atoms with Crippen molar-refractivity contribution in [2.24, 2.45) is 0 Å². The second-order valence-corrected chi connectivity index (χ2v) is 6.60. The predicted octanol–water partition coefficient (Wildman–Crippen LogP) is 1.46. The zero-order valence-electron chi connectivity index (χ0n) is 14.1. The molecule has 0 amide bonds. The molecule has 124 valence electrons. The maximum absolute atomic E-state index is 9.78. The molecule has 1 N–H and O–H groups in total. The van der Waals surface area contributed by atoms with E-state index in [1.54, 1.807) is 4.90 Å². The van der Waals surface area contributed by atoms with Gasteiger partial charge in [-0.25, -0.2) is 9.97 Å². The van der Waals surface area contributed by atoms with E-state index in [9.17, 15) is 5.26 Å². The Morgan fingerprint density at radius 2 is 1.92 bits per heavy atom. The molecule has 5 nitrogen and oxygen atoms in total. The van der Waals surface area contributed by atoms with Gasteiger partial charge in [-0.2, -0.15) is 5.26 Å². The van der Waals surface area contributed by atoms with Crippen LogP contribution in [0.25, 0.3) is 11.3 Å². The molecular formula is C18H22N5S+. The summed E-state index contributed by atoms with van der Waals surface area (Å²) in [6.07, 6.45) is 1.97. The third kappa shape index (κ3) is 3.37. The van der Waals surface area contributed by atoms with Crippen molar-refractivity contribution in [3.8, 4) is 17.3 Å². The van der Waals surface area contributed by atoms with Gasteiger partial charge in [-0.15, -0.1) is 0 Å². The molecule has 1 saturated heterocycles. The number of nitrogens with one attached hydrogen (secondary N) is 1. The SMILES string of the molecule is CC[NH+]1CCN(c2nc(SC)nc(-c3ccccc3)c2C#N)CC1. The van der Waals surface area contributed by atoms with E-state index in [1.165, 1.54) is 11.8 Å². The summed E-state index contributed by atoms with van der Waals surface area (Å²) < 4.78 is 0. The van der Waals surface area contributed by atoms with Crippen LogP contribution in [0.15, 0.2) is 35.5 Å². The van der Waals surface area contributed by atoms with Crippen LogP contribution in [0.5, 0.6) is 0 Å². The first-order valence-electron chi connectivity index (χ1n) is 8.26. The molecule has 2 aromatic rings. The maximum atomic E-state index is 9.78. The molecular weight excluding hydrogens is 318 g/mol. The summed E-state index contributed by atoms with van der Waals surface area (Å²) in [6, 6.07) is 12.3. The van der Waals surface area contributed by atoms with E-state index in [1.807, 2.05) is 36.6 Å². The molecule has 0 atom stereocenters. The lowest BCUT2D eigenvalue weighted by Gasteiger charge is -2.33. The van der Waals surface area contributed by atoms with Crippen LogP contribution >= 0.6 is 11.8 Å². The van der Waals surface area contributed by atoms with Gasteiger partial charge in [0, 0.05) is 5.56 Å². The topological polar surface area (TPSA) is 57.2 Å². The number of piperazine rings is 1. The minimum atomic E-state index is 0.582. The lowest BCUT2D eigenvalue weighted by atomic mass is 10.1. The van der Waals surface area contributed by atoms with Crippen molar-refractivity contribution in [1.29, 1.82) is 5.26 Å². The molecule has 2 heterocycles. The van der Waals surface area contributed by atoms with Gasteiger partial charge in [-0.3, -0.25) is 0 Å². The molecule has 1 aromatic carbocycles. The van der Waals surface area contributed by atoms with E-state index < -0.39 is 0 Å². The van der Waals surface area contributed by atoms with E-state index in [4.69, 9.17) is 0 Å². The quantitative estimate of drug-likeness (QED) is 0.675. The van der Waals surface area contributed by atoms with Crippen molar-refractivity contribution < 1.29 is 4.90 Å². The van der Waals surface area contributed by atoms with Gasteiger partial charge in [0.25, 0.3) is 0 Å². The highest BCUT2D eigenvalue weighted by molar-refractivity contribution is 7.98. The van der Waals surface area contributed by atoms with Crippen LogP contribution in [0.4, 0.5) is 5.82 Å². The Labute approximate surface area is 147 Å². The lowest BCUT2D eigenvalue weighted by molar-refractivity contribution is -0.898. The number of hydrogen-bond acceptors (Lipinski definition) is 5. The number of quaternary nitrogens is 1. The third-order valence-electron chi connectivity index (χ3n) is 4.48. The average molecular weight is 340 g/mol. The second-order valence-electron chi connectivity index (χ2n) is 5.83. The number of aromatic nitrogens is 2. The number of anilines is 1. The van der Waals surface area contributed by atoms with Crippen molar-refractivity contribution in [2.45, 2.75) is 12.1 Å². The van der Waals surface area contributed by atoms with Gasteiger partial charge in [-0.05, 0) is 13.2 Å². The Hall–Kier alpha value is -2.10. The lowest BCUT2D eigenvalue weighted by Crippen LogP contribution is -3.14. The van der Waals surface area contributed by atoms with Gasteiger partial charge in [0.2, 0.25) is 0 Å². The fourth-order valence-electron chi connectivity index (χ4n) is 3.05. The Bertz CT molecular complexity index is 733. The Morgan fingerprint density at radius 3 is 2.50 bits per heavy atom. The highest BCUT2D eigenvalue weighted by Crippen LogP contribution is 2.30. The summed E-state index contributed by atoms with van der Waals surface area (Å²) in [7, 11) is 0. The fourth-order valence-corrected chi connectivity index (χ4v) is 3.41. The zero-order chi connectivity index (χ0) is 16.9. The molecule has 0 spiro atoms. The van der Waals surface area contributed by atoms with E-state index >= 15 is 0 Å². The minimum Gasteiger partial charge on any atom is -0.344 e. The van der Waals surface area contributed by atoms with Crippen LogP contribution in [-0.4, -0.2) is 48.9 Å². The molecule has 3 rings (SSSR count). The number of benzene rings is 1. The van der Waals surface area contributed by atoms with Gasteiger partial charge < -0.3 is 9.80 Å². The average Bonchev–Trinajstić information content (AvgIpc) is 2.67. The van der Waals surface area contributed by atoms with Gasteiger partial charge >= 0.3 is 0 Å². The summed E-state index contributed by atoms with van der Waals surface area (Å²) in [4.78, 5) is 13.1. The first-order valence-corrected chi connectivity index (χ1v) is 9.49. The molecule has 0 saturated carbocycles. The number of thioether (sulfide) groups is 1. The minimum absolute atomic E-state index is 0.582. The maximum Gasteiger partial charge on any atom is 0.189 e. The van der Waals surface area contributed by atoms with Gasteiger partial charge in [-0.1, -0.05) is 42.1 Å². The largest absolute Gasteiger partial charge is 0.344 e. The summed E-state index contributed by atoms with van der Waals surface area (Å²) in [5.74, 6) is 0.783. The fraction of sp³-hybridized carbons (Fsp3) is 0.389. The number of rotatable bonds is 4. The van der Waals surface area contributed by atoms with Gasteiger partial charge in [0.1, 0.15) is 11.6 Å².